The van der Waals surface area contributed by atoms with Gasteiger partial charge in [-0.3, -0.25) is 0 Å². The average molecular weight is 246 g/mol. The lowest BCUT2D eigenvalue weighted by atomic mass is 10.2. The van der Waals surface area contributed by atoms with Gasteiger partial charge in [-0.15, -0.1) is 0 Å². The first-order chi connectivity index (χ1) is 7.42. The van der Waals surface area contributed by atoms with Gasteiger partial charge in [0.2, 0.25) is 0 Å². The van der Waals surface area contributed by atoms with E-state index >= 15 is 0 Å². The Kier molecular flexibility index (Phi) is 4.44. The SMILES string of the molecule is CC(O)CCCS(=O)(=O)c1ccc(F)cc1. The Balaban J connectivity index is 2.67. The van der Waals surface area contributed by atoms with Crippen LogP contribution in [0.25, 0.3) is 0 Å². The van der Waals surface area contributed by atoms with E-state index in [4.69, 9.17) is 5.11 Å². The maximum absolute atomic E-state index is 12.6. The number of sulfone groups is 1. The van der Waals surface area contributed by atoms with Gasteiger partial charge in [-0.05, 0) is 44.0 Å². The minimum Gasteiger partial charge on any atom is -0.393 e. The van der Waals surface area contributed by atoms with Gasteiger partial charge in [0.15, 0.2) is 9.84 Å². The lowest BCUT2D eigenvalue weighted by Crippen LogP contribution is -2.09. The minimum atomic E-state index is -3.35. The Morgan fingerprint density at radius 3 is 2.38 bits per heavy atom. The predicted octanol–water partition coefficient (Wildman–Crippen LogP) is 1.76. The first-order valence-electron chi connectivity index (χ1n) is 5.08. The zero-order valence-corrected chi connectivity index (χ0v) is 9.87. The second kappa shape index (κ2) is 5.41. The van der Waals surface area contributed by atoms with Crippen LogP contribution in [0, 0.1) is 5.82 Å². The van der Waals surface area contributed by atoms with E-state index in [1.807, 2.05) is 0 Å². The van der Waals surface area contributed by atoms with Crippen molar-refractivity contribution in [2.75, 3.05) is 5.75 Å². The number of halogens is 1. The van der Waals surface area contributed by atoms with Gasteiger partial charge in [-0.2, -0.15) is 0 Å². The van der Waals surface area contributed by atoms with Gasteiger partial charge in [0, 0.05) is 0 Å². The molecular formula is C11H15FO3S. The van der Waals surface area contributed by atoms with Gasteiger partial charge >= 0.3 is 0 Å². The Labute approximate surface area is 94.8 Å². The fourth-order valence-electron chi connectivity index (χ4n) is 1.33. The maximum atomic E-state index is 12.6. The molecule has 3 nitrogen and oxygen atoms in total. The summed E-state index contributed by atoms with van der Waals surface area (Å²) in [5.74, 6) is -0.480. The highest BCUT2D eigenvalue weighted by Gasteiger charge is 2.14. The van der Waals surface area contributed by atoms with Crippen LogP contribution in [0.5, 0.6) is 0 Å². The zero-order valence-electron chi connectivity index (χ0n) is 9.06. The third-order valence-electron chi connectivity index (χ3n) is 2.21. The molecule has 1 unspecified atom stereocenters. The van der Waals surface area contributed by atoms with Crippen molar-refractivity contribution >= 4 is 9.84 Å². The van der Waals surface area contributed by atoms with E-state index < -0.39 is 21.8 Å². The molecule has 16 heavy (non-hydrogen) atoms. The molecule has 0 aromatic heterocycles. The summed E-state index contributed by atoms with van der Waals surface area (Å²) >= 11 is 0. The van der Waals surface area contributed by atoms with Crippen LogP contribution in [-0.4, -0.2) is 25.4 Å². The summed E-state index contributed by atoms with van der Waals surface area (Å²) in [7, 11) is -3.35. The minimum absolute atomic E-state index is 0.0243. The van der Waals surface area contributed by atoms with Crippen LogP contribution in [0.4, 0.5) is 4.39 Å². The van der Waals surface area contributed by atoms with Crippen LogP contribution in [0.1, 0.15) is 19.8 Å². The van der Waals surface area contributed by atoms with Crippen LogP contribution in [0.15, 0.2) is 29.2 Å². The van der Waals surface area contributed by atoms with Gasteiger partial charge in [0.25, 0.3) is 0 Å². The van der Waals surface area contributed by atoms with Gasteiger partial charge in [-0.1, -0.05) is 0 Å². The highest BCUT2D eigenvalue weighted by Crippen LogP contribution is 2.13. The normalized spacial score (nSPS) is 13.7. The van der Waals surface area contributed by atoms with Crippen molar-refractivity contribution in [1.29, 1.82) is 0 Å². The fourth-order valence-corrected chi connectivity index (χ4v) is 2.66. The molecule has 0 aliphatic heterocycles. The van der Waals surface area contributed by atoms with E-state index in [1.54, 1.807) is 6.92 Å². The molecular weight excluding hydrogens is 231 g/mol. The zero-order chi connectivity index (χ0) is 12.2. The number of aliphatic hydroxyl groups excluding tert-OH is 1. The average Bonchev–Trinajstić information content (AvgIpc) is 2.17. The van der Waals surface area contributed by atoms with Gasteiger partial charge in [0.05, 0.1) is 16.8 Å². The van der Waals surface area contributed by atoms with E-state index in [1.165, 1.54) is 12.1 Å². The lowest BCUT2D eigenvalue weighted by molar-refractivity contribution is 0.184. The molecule has 0 spiro atoms. The smallest absolute Gasteiger partial charge is 0.178 e. The molecule has 0 amide bonds. The first-order valence-corrected chi connectivity index (χ1v) is 6.73. The molecule has 0 radical (unpaired) electrons. The number of hydrogen-bond donors (Lipinski definition) is 1. The van der Waals surface area contributed by atoms with Crippen LogP contribution in [-0.2, 0) is 9.84 Å². The Morgan fingerprint density at radius 2 is 1.88 bits per heavy atom. The molecule has 0 fully saturated rings. The van der Waals surface area contributed by atoms with E-state index in [9.17, 15) is 12.8 Å². The molecule has 0 aliphatic rings. The quantitative estimate of drug-likeness (QED) is 0.805. The number of hydrogen-bond acceptors (Lipinski definition) is 3. The summed E-state index contributed by atoms with van der Waals surface area (Å²) < 4.78 is 36.0. The highest BCUT2D eigenvalue weighted by atomic mass is 32.2. The summed E-state index contributed by atoms with van der Waals surface area (Å²) in [4.78, 5) is 0.125. The van der Waals surface area contributed by atoms with Gasteiger partial charge in [0.1, 0.15) is 5.82 Å². The van der Waals surface area contributed by atoms with Crippen LogP contribution >= 0.6 is 0 Å². The number of aliphatic hydroxyl groups is 1. The maximum Gasteiger partial charge on any atom is 0.178 e. The van der Waals surface area contributed by atoms with Crippen molar-refractivity contribution in [2.45, 2.75) is 30.8 Å². The van der Waals surface area contributed by atoms with Crippen molar-refractivity contribution in [3.63, 3.8) is 0 Å². The summed E-state index contributed by atoms with van der Waals surface area (Å²) in [6.07, 6.45) is 0.348. The number of rotatable bonds is 5. The van der Waals surface area contributed by atoms with Crippen LogP contribution in [0.3, 0.4) is 0 Å². The Bertz CT molecular complexity index is 423. The van der Waals surface area contributed by atoms with E-state index in [0.717, 1.165) is 12.1 Å². The standard InChI is InChI=1S/C11H15FO3S/c1-9(13)3-2-8-16(14,15)11-6-4-10(12)5-7-11/h4-7,9,13H,2-3,8H2,1H3. The lowest BCUT2D eigenvalue weighted by Gasteiger charge is -2.05. The third kappa shape index (κ3) is 3.90. The van der Waals surface area contributed by atoms with Crippen LogP contribution in [0.2, 0.25) is 0 Å². The van der Waals surface area contributed by atoms with Crippen molar-refractivity contribution in [1.82, 2.24) is 0 Å². The predicted molar refractivity (Wildman–Crippen MR) is 59.4 cm³/mol. The van der Waals surface area contributed by atoms with Crippen molar-refractivity contribution in [3.8, 4) is 0 Å². The molecule has 1 aromatic rings. The third-order valence-corrected chi connectivity index (χ3v) is 4.02. The first kappa shape index (κ1) is 13.1. The fraction of sp³-hybridized carbons (Fsp3) is 0.455. The highest BCUT2D eigenvalue weighted by molar-refractivity contribution is 7.91. The molecule has 1 atom stereocenters. The molecule has 5 heteroatoms. The topological polar surface area (TPSA) is 54.4 Å². The summed E-state index contributed by atoms with van der Waals surface area (Å²) in [5.41, 5.74) is 0. The molecule has 1 aromatic carbocycles. The molecule has 1 rings (SSSR count). The number of benzene rings is 1. The van der Waals surface area contributed by atoms with E-state index in [-0.39, 0.29) is 10.6 Å². The summed E-state index contributed by atoms with van der Waals surface area (Å²) in [6, 6.07) is 4.77. The van der Waals surface area contributed by atoms with E-state index in [0.29, 0.717) is 12.8 Å². The Morgan fingerprint density at radius 1 is 1.31 bits per heavy atom. The molecule has 1 N–H and O–H groups in total. The van der Waals surface area contributed by atoms with Crippen molar-refractivity contribution in [2.24, 2.45) is 0 Å². The summed E-state index contributed by atoms with van der Waals surface area (Å²) in [5, 5.41) is 9.01. The van der Waals surface area contributed by atoms with Gasteiger partial charge < -0.3 is 5.11 Å². The Hall–Kier alpha value is -0.940. The van der Waals surface area contributed by atoms with Gasteiger partial charge in [-0.25, -0.2) is 12.8 Å². The van der Waals surface area contributed by atoms with Crippen LogP contribution < -0.4 is 0 Å². The van der Waals surface area contributed by atoms with E-state index in [2.05, 4.69) is 0 Å². The molecule has 0 saturated heterocycles. The molecule has 0 saturated carbocycles. The summed E-state index contributed by atoms with van der Waals surface area (Å²) in [6.45, 7) is 1.62. The molecule has 0 aliphatic carbocycles. The second-order valence-electron chi connectivity index (χ2n) is 3.76. The molecule has 0 heterocycles. The molecule has 0 bridgehead atoms. The van der Waals surface area contributed by atoms with Crippen molar-refractivity contribution < 1.29 is 17.9 Å². The second-order valence-corrected chi connectivity index (χ2v) is 5.87. The largest absolute Gasteiger partial charge is 0.393 e. The molecule has 90 valence electrons. The van der Waals surface area contributed by atoms with Crippen molar-refractivity contribution in [3.05, 3.63) is 30.1 Å². The monoisotopic (exact) mass is 246 g/mol.